The highest BCUT2D eigenvalue weighted by Crippen LogP contribution is 2.37. The zero-order valence-corrected chi connectivity index (χ0v) is 15.8. The maximum absolute atomic E-state index is 12.6. The second-order valence-electron chi connectivity index (χ2n) is 6.95. The summed E-state index contributed by atoms with van der Waals surface area (Å²) in [5.41, 5.74) is 1.38. The first-order chi connectivity index (χ1) is 13.2. The summed E-state index contributed by atoms with van der Waals surface area (Å²) in [7, 11) is 0. The van der Waals surface area contributed by atoms with Gasteiger partial charge in [0.05, 0.1) is 12.6 Å². The van der Waals surface area contributed by atoms with Gasteiger partial charge in [0, 0.05) is 16.3 Å². The monoisotopic (exact) mass is 385 g/mol. The smallest absolute Gasteiger partial charge is 0.414 e. The van der Waals surface area contributed by atoms with E-state index in [1.54, 1.807) is 22.3 Å². The summed E-state index contributed by atoms with van der Waals surface area (Å²) in [6.07, 6.45) is 4.40. The number of carbonyl (C=O) groups excluding carboxylic acids is 2. The van der Waals surface area contributed by atoms with Gasteiger partial charge in [-0.2, -0.15) is 0 Å². The number of thiophene rings is 1. The quantitative estimate of drug-likeness (QED) is 0.780. The lowest BCUT2D eigenvalue weighted by atomic mass is 9.97. The zero-order valence-electron chi connectivity index (χ0n) is 15.0. The van der Waals surface area contributed by atoms with Crippen molar-refractivity contribution >= 4 is 34.8 Å². The number of amides is 3. The molecule has 1 saturated heterocycles. The molecule has 4 rings (SSSR count). The van der Waals surface area contributed by atoms with E-state index in [-0.39, 0.29) is 18.2 Å². The SMILES string of the molecule is O=C(Nc1cccc(N2CCOC2=O)c1)NC(c1cccs1)C1CCCC1. The third kappa shape index (κ3) is 4.08. The first-order valence-corrected chi connectivity index (χ1v) is 10.2. The number of urea groups is 1. The maximum Gasteiger partial charge on any atom is 0.414 e. The molecule has 2 aliphatic rings. The van der Waals surface area contributed by atoms with Gasteiger partial charge >= 0.3 is 12.1 Å². The molecule has 1 aliphatic carbocycles. The Balaban J connectivity index is 1.44. The minimum absolute atomic E-state index is 0.0456. The van der Waals surface area contributed by atoms with Gasteiger partial charge in [0.1, 0.15) is 6.61 Å². The summed E-state index contributed by atoms with van der Waals surface area (Å²) in [5, 5.41) is 8.13. The van der Waals surface area contributed by atoms with Crippen LogP contribution in [0.2, 0.25) is 0 Å². The molecule has 6 nitrogen and oxygen atoms in total. The molecule has 2 aromatic rings. The number of carbonyl (C=O) groups is 2. The molecule has 3 amide bonds. The molecular weight excluding hydrogens is 362 g/mol. The van der Waals surface area contributed by atoms with Crippen molar-refractivity contribution in [3.05, 3.63) is 46.7 Å². The number of ether oxygens (including phenoxy) is 1. The molecule has 27 heavy (non-hydrogen) atoms. The normalized spacial score (nSPS) is 18.4. The highest BCUT2D eigenvalue weighted by Gasteiger charge is 2.28. The van der Waals surface area contributed by atoms with E-state index in [0.29, 0.717) is 24.8 Å². The van der Waals surface area contributed by atoms with E-state index in [2.05, 4.69) is 22.1 Å². The van der Waals surface area contributed by atoms with Crippen molar-refractivity contribution in [2.45, 2.75) is 31.7 Å². The van der Waals surface area contributed by atoms with Crippen molar-refractivity contribution in [2.24, 2.45) is 5.92 Å². The molecule has 0 bridgehead atoms. The molecule has 2 N–H and O–H groups in total. The Morgan fingerprint density at radius 3 is 2.78 bits per heavy atom. The third-order valence-electron chi connectivity index (χ3n) is 5.18. The topological polar surface area (TPSA) is 70.7 Å². The van der Waals surface area contributed by atoms with Gasteiger partial charge in [-0.3, -0.25) is 4.90 Å². The number of anilines is 2. The van der Waals surface area contributed by atoms with Crippen molar-refractivity contribution in [1.29, 1.82) is 0 Å². The van der Waals surface area contributed by atoms with E-state index in [1.165, 1.54) is 17.7 Å². The van der Waals surface area contributed by atoms with Gasteiger partial charge in [-0.05, 0) is 48.4 Å². The molecule has 7 heteroatoms. The van der Waals surface area contributed by atoms with Crippen LogP contribution < -0.4 is 15.5 Å². The Morgan fingerprint density at radius 1 is 1.22 bits per heavy atom. The Labute approximate surface area is 162 Å². The van der Waals surface area contributed by atoms with Gasteiger partial charge in [0.25, 0.3) is 0 Å². The van der Waals surface area contributed by atoms with Crippen molar-refractivity contribution < 1.29 is 14.3 Å². The average molecular weight is 385 g/mol. The van der Waals surface area contributed by atoms with Crippen molar-refractivity contribution in [2.75, 3.05) is 23.4 Å². The summed E-state index contributed by atoms with van der Waals surface area (Å²) in [6.45, 7) is 0.914. The summed E-state index contributed by atoms with van der Waals surface area (Å²) in [4.78, 5) is 27.2. The summed E-state index contributed by atoms with van der Waals surface area (Å²) >= 11 is 1.69. The van der Waals surface area contributed by atoms with Crippen LogP contribution >= 0.6 is 11.3 Å². The van der Waals surface area contributed by atoms with Crippen LogP contribution in [0.4, 0.5) is 21.0 Å². The molecule has 1 aromatic carbocycles. The molecule has 1 aliphatic heterocycles. The molecule has 0 radical (unpaired) electrons. The molecule has 1 saturated carbocycles. The van der Waals surface area contributed by atoms with Crippen LogP contribution in [0.3, 0.4) is 0 Å². The van der Waals surface area contributed by atoms with Crippen LogP contribution in [-0.4, -0.2) is 25.3 Å². The van der Waals surface area contributed by atoms with Crippen LogP contribution in [0.25, 0.3) is 0 Å². The van der Waals surface area contributed by atoms with E-state index in [1.807, 2.05) is 24.3 Å². The van der Waals surface area contributed by atoms with Gasteiger partial charge < -0.3 is 15.4 Å². The van der Waals surface area contributed by atoms with E-state index in [0.717, 1.165) is 18.5 Å². The van der Waals surface area contributed by atoms with Crippen molar-refractivity contribution in [1.82, 2.24) is 5.32 Å². The van der Waals surface area contributed by atoms with Crippen LogP contribution in [-0.2, 0) is 4.74 Å². The minimum Gasteiger partial charge on any atom is -0.447 e. The maximum atomic E-state index is 12.6. The van der Waals surface area contributed by atoms with Crippen LogP contribution in [0.1, 0.15) is 36.6 Å². The average Bonchev–Trinajstić information content (AvgIpc) is 3.42. The molecule has 1 aromatic heterocycles. The number of hydrogen-bond acceptors (Lipinski definition) is 4. The zero-order chi connectivity index (χ0) is 18.6. The lowest BCUT2D eigenvalue weighted by Crippen LogP contribution is -2.35. The fraction of sp³-hybridized carbons (Fsp3) is 0.400. The summed E-state index contributed by atoms with van der Waals surface area (Å²) in [5.74, 6) is 0.486. The lowest BCUT2D eigenvalue weighted by molar-refractivity contribution is 0.181. The third-order valence-corrected chi connectivity index (χ3v) is 6.14. The lowest BCUT2D eigenvalue weighted by Gasteiger charge is -2.24. The van der Waals surface area contributed by atoms with Gasteiger partial charge in [0.15, 0.2) is 0 Å². The second-order valence-corrected chi connectivity index (χ2v) is 7.93. The fourth-order valence-corrected chi connectivity index (χ4v) is 4.74. The van der Waals surface area contributed by atoms with Gasteiger partial charge in [-0.25, -0.2) is 9.59 Å². The predicted molar refractivity (Wildman–Crippen MR) is 106 cm³/mol. The van der Waals surface area contributed by atoms with Crippen LogP contribution in [0, 0.1) is 5.92 Å². The number of benzene rings is 1. The minimum atomic E-state index is -0.351. The number of hydrogen-bond donors (Lipinski definition) is 2. The van der Waals surface area contributed by atoms with Gasteiger partial charge in [-0.15, -0.1) is 11.3 Å². The van der Waals surface area contributed by atoms with E-state index in [4.69, 9.17) is 4.74 Å². The van der Waals surface area contributed by atoms with Crippen LogP contribution in [0.5, 0.6) is 0 Å². The van der Waals surface area contributed by atoms with Gasteiger partial charge in [-0.1, -0.05) is 25.0 Å². The second kappa shape index (κ2) is 8.00. The first kappa shape index (κ1) is 17.9. The standard InChI is InChI=1S/C20H23N3O3S/c24-19(22-18(14-5-1-2-6-14)17-9-4-12-27-17)21-15-7-3-8-16(13-15)23-10-11-26-20(23)25/h3-4,7-9,12-14,18H,1-2,5-6,10-11H2,(H2,21,22,24). The Hall–Kier alpha value is -2.54. The molecule has 1 unspecified atom stereocenters. The van der Waals surface area contributed by atoms with Crippen molar-refractivity contribution in [3.8, 4) is 0 Å². The highest BCUT2D eigenvalue weighted by atomic mass is 32.1. The number of nitrogens with one attached hydrogen (secondary N) is 2. The summed E-state index contributed by atoms with van der Waals surface area (Å²) < 4.78 is 4.98. The molecule has 2 heterocycles. The largest absolute Gasteiger partial charge is 0.447 e. The van der Waals surface area contributed by atoms with Crippen molar-refractivity contribution in [3.63, 3.8) is 0 Å². The number of nitrogens with zero attached hydrogens (tertiary/aromatic N) is 1. The first-order valence-electron chi connectivity index (χ1n) is 9.36. The van der Waals surface area contributed by atoms with Gasteiger partial charge in [0.2, 0.25) is 0 Å². The fourth-order valence-electron chi connectivity index (χ4n) is 3.87. The molecular formula is C20H23N3O3S. The van der Waals surface area contributed by atoms with E-state index in [9.17, 15) is 9.59 Å². The van der Waals surface area contributed by atoms with E-state index < -0.39 is 0 Å². The Bertz CT molecular complexity index is 803. The van der Waals surface area contributed by atoms with Crippen LogP contribution in [0.15, 0.2) is 41.8 Å². The highest BCUT2D eigenvalue weighted by molar-refractivity contribution is 7.10. The number of cyclic esters (lactones) is 1. The van der Waals surface area contributed by atoms with E-state index >= 15 is 0 Å². The Kier molecular flexibility index (Phi) is 5.29. The Morgan fingerprint density at radius 2 is 2.07 bits per heavy atom. The molecule has 1 atom stereocenters. The molecule has 2 fully saturated rings. The molecule has 0 spiro atoms. The molecule has 142 valence electrons. The predicted octanol–water partition coefficient (Wildman–Crippen LogP) is 4.76. The number of rotatable bonds is 5. The summed E-state index contributed by atoms with van der Waals surface area (Å²) in [6, 6.07) is 11.2.